The van der Waals surface area contributed by atoms with E-state index in [0.29, 0.717) is 25.0 Å². The maximum absolute atomic E-state index is 16.9. The van der Waals surface area contributed by atoms with E-state index in [0.717, 1.165) is 108 Å². The molecule has 0 saturated carbocycles. The fourth-order valence-electron chi connectivity index (χ4n) is 13.5. The summed E-state index contributed by atoms with van der Waals surface area (Å²) >= 11 is 0. The topological polar surface area (TPSA) is 117 Å². The molecule has 1 aliphatic heterocycles. The number of hydrogen-bond acceptors (Lipinski definition) is 11. The molecule has 0 N–H and O–H groups in total. The van der Waals surface area contributed by atoms with Gasteiger partial charge in [0.2, 0.25) is 0 Å². The smallest absolute Gasteiger partial charge is 0.334 e. The predicted octanol–water partition coefficient (Wildman–Crippen LogP) is 21.3. The number of carbonyl (C=O) groups is 2. The van der Waals surface area contributed by atoms with Crippen LogP contribution in [0, 0.1) is 17.8 Å². The number of ether oxygens (including phenoxy) is 3. The Morgan fingerprint density at radius 3 is 1.53 bits per heavy atom. The number of methoxy groups -OCH3 is 2. The lowest BCUT2D eigenvalue weighted by Gasteiger charge is -2.46. The SMILES string of the molecule is CC[Si](CC)(CC)O[C@@H]([C@@H](C)[C@@H](C[C@H](COC)O[Si](C)(C)C(C)(C)C)O[Si](CC)(CC)CC)[C@@H](C)C(=O)[C@H](O[Si](CC)(CC)CC)[C@@H]1C[C@H](OC)[C@@H](O[Si](CC)(CC)CC)CC/C=C(C)/C=C/[C@@H](O[Si](CC)(CC)CC)[C@H](C)/C=C(C)/C=C(C)/C=C(\C)C(=O)O1. The molecule has 0 amide bonds. The van der Waals surface area contributed by atoms with Crippen LogP contribution in [0.4, 0.5) is 0 Å². The van der Waals surface area contributed by atoms with Crippen molar-refractivity contribution in [3.8, 4) is 0 Å². The highest BCUT2D eigenvalue weighted by molar-refractivity contribution is 6.75. The second kappa shape index (κ2) is 41.2. The van der Waals surface area contributed by atoms with Gasteiger partial charge in [-0.3, -0.25) is 4.79 Å². The summed E-state index contributed by atoms with van der Waals surface area (Å²) in [4.78, 5) is 32.3. The fraction of sp³-hybridized carbons (Fsp3) is 0.836. The Hall–Kier alpha value is -1.18. The van der Waals surface area contributed by atoms with Gasteiger partial charge in [-0.2, -0.15) is 0 Å². The van der Waals surface area contributed by atoms with Gasteiger partial charge in [0.1, 0.15) is 12.2 Å². The molecule has 526 valence electrons. The van der Waals surface area contributed by atoms with Gasteiger partial charge in [-0.1, -0.05) is 192 Å². The molecule has 0 bridgehead atoms. The minimum absolute atomic E-state index is 0.0218. The molecule has 1 heterocycles. The predicted molar refractivity (Wildman–Crippen MR) is 400 cm³/mol. The van der Waals surface area contributed by atoms with Gasteiger partial charge in [0.15, 0.2) is 55.7 Å². The summed E-state index contributed by atoms with van der Waals surface area (Å²) in [7, 11) is -10.4. The summed E-state index contributed by atoms with van der Waals surface area (Å²) in [5.41, 5.74) is 3.62. The number of esters is 1. The average Bonchev–Trinajstić information content (AvgIpc) is 0.840. The second-order valence-corrected chi connectivity index (χ2v) is 57.2. The number of cyclic esters (lactones) is 1. The Kier molecular flexibility index (Phi) is 39.7. The number of carbonyl (C=O) groups excluding carboxylic acids is 2. The largest absolute Gasteiger partial charge is 0.456 e. The molecule has 0 fully saturated rings. The Bertz CT molecular complexity index is 2180. The van der Waals surface area contributed by atoms with Crippen LogP contribution < -0.4 is 0 Å². The maximum atomic E-state index is 16.9. The minimum atomic E-state index is -2.66. The van der Waals surface area contributed by atoms with Crippen LogP contribution in [0.25, 0.3) is 0 Å². The first kappa shape index (κ1) is 86.8. The van der Waals surface area contributed by atoms with E-state index < -0.39 is 86.2 Å². The minimum Gasteiger partial charge on any atom is -0.456 e. The van der Waals surface area contributed by atoms with E-state index >= 15 is 9.59 Å². The van der Waals surface area contributed by atoms with E-state index in [-0.39, 0.29) is 53.5 Å². The molecule has 1 aliphatic rings. The number of ketones is 1. The monoisotopic (exact) mass is 1360 g/mol. The van der Waals surface area contributed by atoms with E-state index in [1.807, 2.05) is 19.9 Å². The maximum Gasteiger partial charge on any atom is 0.334 e. The number of hydrogen-bond donors (Lipinski definition) is 0. The molecule has 0 spiro atoms. The summed E-state index contributed by atoms with van der Waals surface area (Å²) in [6.07, 6.45) is 11.3. The summed E-state index contributed by atoms with van der Waals surface area (Å²) in [5, 5.41) is -0.0218. The van der Waals surface area contributed by atoms with Gasteiger partial charge in [-0.15, -0.1) is 0 Å². The first-order valence-corrected chi connectivity index (χ1v) is 52.0. The molecule has 0 radical (unpaired) electrons. The summed E-state index contributed by atoms with van der Waals surface area (Å²) in [5.74, 6) is -1.41. The zero-order valence-corrected chi connectivity index (χ0v) is 69.9. The zero-order chi connectivity index (χ0) is 69.1. The highest BCUT2D eigenvalue weighted by atomic mass is 28.4. The first-order valence-electron chi connectivity index (χ1n) is 36.4. The number of allylic oxidation sites excluding steroid dienone is 7. The van der Waals surface area contributed by atoms with Crippen LogP contribution in [0.1, 0.15) is 199 Å². The van der Waals surface area contributed by atoms with Crippen molar-refractivity contribution in [2.75, 3.05) is 20.8 Å². The van der Waals surface area contributed by atoms with E-state index in [9.17, 15) is 0 Å². The van der Waals surface area contributed by atoms with E-state index in [2.05, 4.69) is 203 Å². The third kappa shape index (κ3) is 25.4. The lowest BCUT2D eigenvalue weighted by atomic mass is 9.82. The molecule has 0 unspecified atom stereocenters. The Morgan fingerprint density at radius 2 is 1.08 bits per heavy atom. The third-order valence-corrected chi connectivity index (χ3v) is 50.3. The summed E-state index contributed by atoms with van der Waals surface area (Å²) < 4.78 is 65.4. The quantitative estimate of drug-likeness (QED) is 0.0434. The van der Waals surface area contributed by atoms with Crippen LogP contribution in [-0.2, 0) is 50.4 Å². The molecule has 11 atom stereocenters. The molecule has 0 aromatic heterocycles. The fourth-order valence-corrected chi connectivity index (χ4v) is 29.4. The highest BCUT2D eigenvalue weighted by Gasteiger charge is 2.50. The molecule has 90 heavy (non-hydrogen) atoms. The van der Waals surface area contributed by atoms with Crippen LogP contribution in [0.3, 0.4) is 0 Å². The van der Waals surface area contributed by atoms with Gasteiger partial charge in [-0.05, 0) is 162 Å². The molecular formula is C73H144O11Si6. The Balaban J connectivity index is 4.81. The van der Waals surface area contributed by atoms with Crippen LogP contribution >= 0.6 is 0 Å². The number of rotatable bonds is 38. The molecule has 0 aromatic rings. The van der Waals surface area contributed by atoms with Crippen molar-refractivity contribution in [2.45, 2.75) is 356 Å². The van der Waals surface area contributed by atoms with Gasteiger partial charge in [0.25, 0.3) is 0 Å². The molecule has 17 heteroatoms. The van der Waals surface area contributed by atoms with E-state index in [4.69, 9.17) is 40.8 Å². The normalized spacial score (nSPS) is 24.6. The van der Waals surface area contributed by atoms with Crippen molar-refractivity contribution < 1.29 is 50.4 Å². The molecule has 0 saturated heterocycles. The lowest BCUT2D eigenvalue weighted by Crippen LogP contribution is -2.56. The van der Waals surface area contributed by atoms with Crippen molar-refractivity contribution in [1.82, 2.24) is 0 Å². The second-order valence-electron chi connectivity index (χ2n) is 28.8. The van der Waals surface area contributed by atoms with Gasteiger partial charge >= 0.3 is 5.97 Å². The zero-order valence-electron chi connectivity index (χ0n) is 63.9. The lowest BCUT2D eigenvalue weighted by molar-refractivity contribution is -0.160. The third-order valence-electron chi connectivity index (χ3n) is 22.6. The average molecular weight is 1370 g/mol. The van der Waals surface area contributed by atoms with Gasteiger partial charge in [0.05, 0.1) is 43.2 Å². The molecule has 1 rings (SSSR count). The first-order chi connectivity index (χ1) is 42.2. The van der Waals surface area contributed by atoms with Crippen molar-refractivity contribution in [3.05, 3.63) is 58.7 Å². The molecule has 11 nitrogen and oxygen atoms in total. The summed E-state index contributed by atoms with van der Waals surface area (Å²) in [6, 6.07) is 14.1. The van der Waals surface area contributed by atoms with Crippen molar-refractivity contribution in [3.63, 3.8) is 0 Å². The van der Waals surface area contributed by atoms with Crippen LogP contribution in [0.15, 0.2) is 58.7 Å². The molecule has 0 aliphatic carbocycles. The highest BCUT2D eigenvalue weighted by Crippen LogP contribution is 2.42. The number of Topliss-reactive ketones (excluding diaryl/α,β-unsaturated/α-hetero) is 1. The van der Waals surface area contributed by atoms with Gasteiger partial charge in [-0.25, -0.2) is 4.79 Å². The van der Waals surface area contributed by atoms with Crippen molar-refractivity contribution in [2.24, 2.45) is 17.8 Å². The standard InChI is InChI=1S/C73H144O11Si6/c1-30-86(31-2,32-3)80-64-49-48-56(16)46-45-47-65(81-87(33-4,34-5)35-6)67(77-27)54-68(78-72(75)60(20)52-58(18)50-57(17)51-59(64)19)71(84-90(42-13,43-14)44-15)69(74)62(22)70(83-89(39-10,40-11)41-12)61(21)66(82-88(36-7,37-8)38-9)53-63(55-76-26)79-85(28,29)73(23,24)25/h46,48-52,59,61-68,70-71H,30-45,47,53-55H2,1-29H3/b49-48+,56-46+,57-51+,58-50+,60-52+/t59-,61+,62+,63-,64-,65+,66-,67+,68+,70+,71-/m1/s1. The van der Waals surface area contributed by atoms with Crippen LogP contribution in [0.5, 0.6) is 0 Å². The Morgan fingerprint density at radius 1 is 0.611 bits per heavy atom. The van der Waals surface area contributed by atoms with Crippen LogP contribution in [0.2, 0.25) is 109 Å². The van der Waals surface area contributed by atoms with Crippen LogP contribution in [-0.4, -0.2) is 131 Å². The summed E-state index contributed by atoms with van der Waals surface area (Å²) in [6.45, 7) is 60.7. The van der Waals surface area contributed by atoms with Gasteiger partial charge < -0.3 is 40.8 Å². The van der Waals surface area contributed by atoms with Crippen molar-refractivity contribution >= 4 is 61.7 Å². The van der Waals surface area contributed by atoms with Crippen molar-refractivity contribution in [1.29, 1.82) is 0 Å². The Labute approximate surface area is 562 Å². The van der Waals surface area contributed by atoms with E-state index in [1.54, 1.807) is 14.2 Å². The molecular weight excluding hydrogens is 1220 g/mol. The molecule has 0 aromatic carbocycles. The van der Waals surface area contributed by atoms with Gasteiger partial charge in [0, 0.05) is 44.0 Å². The van der Waals surface area contributed by atoms with E-state index in [1.165, 1.54) is 5.57 Å².